The van der Waals surface area contributed by atoms with Gasteiger partial charge in [0.25, 0.3) is 5.69 Å². The van der Waals surface area contributed by atoms with Gasteiger partial charge in [0.05, 0.1) is 17.4 Å². The van der Waals surface area contributed by atoms with Crippen LogP contribution >= 0.6 is 0 Å². The van der Waals surface area contributed by atoms with Crippen LogP contribution in [0.2, 0.25) is 0 Å². The van der Waals surface area contributed by atoms with Crippen LogP contribution in [0.15, 0.2) is 23.3 Å². The molecule has 9 heteroatoms. The molecule has 0 bridgehead atoms. The van der Waals surface area contributed by atoms with Crippen molar-refractivity contribution >= 4 is 23.4 Å². The Bertz CT molecular complexity index is 602. The first-order valence-corrected chi connectivity index (χ1v) is 7.37. The van der Waals surface area contributed by atoms with Gasteiger partial charge in [0.1, 0.15) is 6.20 Å². The zero-order chi connectivity index (χ0) is 16.8. The van der Waals surface area contributed by atoms with Crippen molar-refractivity contribution in [2.24, 2.45) is 16.6 Å². The number of rotatable bonds is 4. The van der Waals surface area contributed by atoms with E-state index in [2.05, 4.69) is 9.98 Å². The summed E-state index contributed by atoms with van der Waals surface area (Å²) in [6.45, 7) is 3.26. The van der Waals surface area contributed by atoms with Crippen molar-refractivity contribution in [1.82, 2.24) is 9.88 Å². The molecule has 1 aliphatic rings. The number of guanidine groups is 1. The number of nitrogens with zero attached hydrogens (tertiary/aromatic N) is 4. The van der Waals surface area contributed by atoms with E-state index in [0.29, 0.717) is 19.7 Å². The zero-order valence-corrected chi connectivity index (χ0v) is 12.8. The smallest absolute Gasteiger partial charge is 0.310 e. The SMILES string of the molecule is CCOC(=O)[C@@H]1CCCN(C(N)=Nc2ccc([N+](=O)[O-])cn2)C1. The van der Waals surface area contributed by atoms with Crippen molar-refractivity contribution < 1.29 is 14.5 Å². The molecule has 0 aliphatic carbocycles. The van der Waals surface area contributed by atoms with Gasteiger partial charge in [0, 0.05) is 19.2 Å². The average molecular weight is 321 g/mol. The highest BCUT2D eigenvalue weighted by molar-refractivity contribution is 5.82. The lowest BCUT2D eigenvalue weighted by Crippen LogP contribution is -2.46. The molecule has 0 amide bonds. The second-order valence-electron chi connectivity index (χ2n) is 5.14. The van der Waals surface area contributed by atoms with E-state index in [1.54, 1.807) is 11.8 Å². The molecule has 0 radical (unpaired) electrons. The van der Waals surface area contributed by atoms with E-state index in [1.165, 1.54) is 12.1 Å². The number of nitro groups is 1. The van der Waals surface area contributed by atoms with Crippen molar-refractivity contribution in [3.63, 3.8) is 0 Å². The molecule has 0 unspecified atom stereocenters. The first kappa shape index (κ1) is 16.7. The topological polar surface area (TPSA) is 124 Å². The number of aromatic nitrogens is 1. The molecule has 2 rings (SSSR count). The predicted molar refractivity (Wildman–Crippen MR) is 83.1 cm³/mol. The number of nitrogens with two attached hydrogens (primary N) is 1. The average Bonchev–Trinajstić information content (AvgIpc) is 2.55. The van der Waals surface area contributed by atoms with Crippen LogP contribution < -0.4 is 5.73 Å². The quantitative estimate of drug-likeness (QED) is 0.290. The molecule has 9 nitrogen and oxygen atoms in total. The fourth-order valence-electron chi connectivity index (χ4n) is 2.38. The fraction of sp³-hybridized carbons (Fsp3) is 0.500. The molecule has 1 aliphatic heterocycles. The Hall–Kier alpha value is -2.71. The third kappa shape index (κ3) is 4.38. The van der Waals surface area contributed by atoms with Crippen LogP contribution in [0.3, 0.4) is 0 Å². The summed E-state index contributed by atoms with van der Waals surface area (Å²) in [4.78, 5) is 31.7. The molecule has 0 saturated carbocycles. The predicted octanol–water partition coefficient (Wildman–Crippen LogP) is 1.21. The third-order valence-electron chi connectivity index (χ3n) is 3.54. The van der Waals surface area contributed by atoms with Gasteiger partial charge in [0.2, 0.25) is 0 Å². The summed E-state index contributed by atoms with van der Waals surface area (Å²) in [5.41, 5.74) is 5.86. The van der Waals surface area contributed by atoms with Crippen LogP contribution in [0.1, 0.15) is 19.8 Å². The van der Waals surface area contributed by atoms with Gasteiger partial charge in [-0.05, 0) is 25.8 Å². The van der Waals surface area contributed by atoms with E-state index in [4.69, 9.17) is 10.5 Å². The Balaban J connectivity index is 2.04. The van der Waals surface area contributed by atoms with Crippen molar-refractivity contribution in [1.29, 1.82) is 0 Å². The van der Waals surface area contributed by atoms with Crippen molar-refractivity contribution in [3.05, 3.63) is 28.4 Å². The Morgan fingerprint density at radius 1 is 1.61 bits per heavy atom. The summed E-state index contributed by atoms with van der Waals surface area (Å²) >= 11 is 0. The molecular formula is C14H19N5O4. The minimum atomic E-state index is -0.529. The van der Waals surface area contributed by atoms with E-state index >= 15 is 0 Å². The van der Waals surface area contributed by atoms with E-state index in [9.17, 15) is 14.9 Å². The lowest BCUT2D eigenvalue weighted by atomic mass is 9.98. The largest absolute Gasteiger partial charge is 0.466 e. The van der Waals surface area contributed by atoms with E-state index in [0.717, 1.165) is 19.0 Å². The maximum atomic E-state index is 11.8. The van der Waals surface area contributed by atoms with Gasteiger partial charge in [-0.2, -0.15) is 4.99 Å². The molecule has 2 N–H and O–H groups in total. The summed E-state index contributed by atoms with van der Waals surface area (Å²) in [6.07, 6.45) is 2.70. The molecule has 1 atom stereocenters. The first-order valence-electron chi connectivity index (χ1n) is 7.37. The Morgan fingerprint density at radius 2 is 2.39 bits per heavy atom. The van der Waals surface area contributed by atoms with Gasteiger partial charge in [-0.3, -0.25) is 14.9 Å². The molecule has 23 heavy (non-hydrogen) atoms. The lowest BCUT2D eigenvalue weighted by Gasteiger charge is -2.32. The standard InChI is InChI=1S/C14H19N5O4/c1-2-23-13(20)10-4-3-7-18(9-10)14(15)17-12-6-5-11(8-16-12)19(21)22/h5-6,8,10H,2-4,7,9H2,1H3,(H2,15,16,17)/t10-/m1/s1. The van der Waals surface area contributed by atoms with E-state index < -0.39 is 4.92 Å². The van der Waals surface area contributed by atoms with Crippen molar-refractivity contribution in [3.8, 4) is 0 Å². The number of piperidine rings is 1. The fourth-order valence-corrected chi connectivity index (χ4v) is 2.38. The number of aliphatic imine (C=N–C) groups is 1. The van der Waals surface area contributed by atoms with Crippen LogP contribution in [0, 0.1) is 16.0 Å². The lowest BCUT2D eigenvalue weighted by molar-refractivity contribution is -0.385. The molecule has 1 aromatic heterocycles. The number of pyridine rings is 1. The molecular weight excluding hydrogens is 302 g/mol. The van der Waals surface area contributed by atoms with Crippen LogP contribution in [0.5, 0.6) is 0 Å². The normalized spacial score (nSPS) is 18.6. The number of esters is 1. The summed E-state index contributed by atoms with van der Waals surface area (Å²) in [6, 6.07) is 2.74. The maximum absolute atomic E-state index is 11.8. The monoisotopic (exact) mass is 321 g/mol. The van der Waals surface area contributed by atoms with Gasteiger partial charge in [-0.15, -0.1) is 0 Å². The Labute approximate surface area is 133 Å². The molecule has 0 spiro atoms. The van der Waals surface area contributed by atoms with Gasteiger partial charge in [-0.25, -0.2) is 4.98 Å². The third-order valence-corrected chi connectivity index (χ3v) is 3.54. The highest BCUT2D eigenvalue weighted by atomic mass is 16.6. The van der Waals surface area contributed by atoms with Gasteiger partial charge >= 0.3 is 5.97 Å². The number of hydrogen-bond acceptors (Lipinski definition) is 6. The van der Waals surface area contributed by atoms with Crippen LogP contribution in [0.4, 0.5) is 11.5 Å². The maximum Gasteiger partial charge on any atom is 0.310 e. The first-order chi connectivity index (χ1) is 11.0. The molecule has 1 fully saturated rings. The highest BCUT2D eigenvalue weighted by Gasteiger charge is 2.27. The Kier molecular flexibility index (Phi) is 5.45. The van der Waals surface area contributed by atoms with Gasteiger partial charge < -0.3 is 15.4 Å². The summed E-state index contributed by atoms with van der Waals surface area (Å²) in [7, 11) is 0. The minimum absolute atomic E-state index is 0.108. The highest BCUT2D eigenvalue weighted by Crippen LogP contribution is 2.19. The Morgan fingerprint density at radius 3 is 3.00 bits per heavy atom. The zero-order valence-electron chi connectivity index (χ0n) is 12.8. The second kappa shape index (κ2) is 7.52. The number of ether oxygens (including phenoxy) is 1. The van der Waals surface area contributed by atoms with Gasteiger partial charge in [-0.1, -0.05) is 0 Å². The van der Waals surface area contributed by atoms with E-state index in [-0.39, 0.29) is 29.4 Å². The summed E-state index contributed by atoms with van der Waals surface area (Å²) in [5.74, 6) is 0.0763. The van der Waals surface area contributed by atoms with Crippen molar-refractivity contribution in [2.45, 2.75) is 19.8 Å². The number of hydrogen-bond donors (Lipinski definition) is 1. The molecule has 1 aromatic rings. The second-order valence-corrected chi connectivity index (χ2v) is 5.14. The van der Waals surface area contributed by atoms with Gasteiger partial charge in [0.15, 0.2) is 11.8 Å². The molecule has 124 valence electrons. The number of likely N-dealkylation sites (tertiary alicyclic amines) is 1. The number of carbonyl (C=O) groups is 1. The summed E-state index contributed by atoms with van der Waals surface area (Å²) in [5, 5.41) is 10.6. The number of carbonyl (C=O) groups excluding carboxylic acids is 1. The molecule has 1 saturated heterocycles. The molecule has 2 heterocycles. The van der Waals surface area contributed by atoms with Crippen LogP contribution in [-0.4, -0.2) is 46.4 Å². The molecule has 0 aromatic carbocycles. The van der Waals surface area contributed by atoms with Crippen LogP contribution in [-0.2, 0) is 9.53 Å². The van der Waals surface area contributed by atoms with E-state index in [1.807, 2.05) is 0 Å². The van der Waals surface area contributed by atoms with Crippen LogP contribution in [0.25, 0.3) is 0 Å². The summed E-state index contributed by atoms with van der Waals surface area (Å²) < 4.78 is 5.04. The van der Waals surface area contributed by atoms with Crippen molar-refractivity contribution in [2.75, 3.05) is 19.7 Å². The minimum Gasteiger partial charge on any atom is -0.466 e.